The minimum atomic E-state index is 0.835. The van der Waals surface area contributed by atoms with E-state index < -0.39 is 0 Å². The Kier molecular flexibility index (Phi) is 3.42. The fourth-order valence-electron chi connectivity index (χ4n) is 3.62. The van der Waals surface area contributed by atoms with Crippen LogP contribution >= 0.6 is 0 Å². The van der Waals surface area contributed by atoms with E-state index in [0.717, 1.165) is 46.2 Å². The highest BCUT2D eigenvalue weighted by atomic mass is 16.5. The zero-order valence-electron chi connectivity index (χ0n) is 15.0. The van der Waals surface area contributed by atoms with Gasteiger partial charge in [-0.2, -0.15) is 0 Å². The van der Waals surface area contributed by atoms with Crippen molar-refractivity contribution in [3.63, 3.8) is 0 Å². The molecule has 5 rings (SSSR count). The zero-order valence-corrected chi connectivity index (χ0v) is 15.0. The number of anilines is 1. The first kappa shape index (κ1) is 15.3. The van der Waals surface area contributed by atoms with Gasteiger partial charge in [-0.05, 0) is 49.1 Å². The topological polar surface area (TPSA) is 54.9 Å². The molecule has 26 heavy (non-hydrogen) atoms. The molecule has 2 N–H and O–H groups in total. The highest BCUT2D eigenvalue weighted by molar-refractivity contribution is 6.00. The van der Waals surface area contributed by atoms with Gasteiger partial charge in [0.15, 0.2) is 0 Å². The Balaban J connectivity index is 1.62. The Hall–Kier alpha value is -2.95. The van der Waals surface area contributed by atoms with Crippen LogP contribution < -0.4 is 10.1 Å². The molecule has 0 aliphatic heterocycles. The summed E-state index contributed by atoms with van der Waals surface area (Å²) in [5, 5.41) is 5.90. The van der Waals surface area contributed by atoms with Crippen LogP contribution in [-0.4, -0.2) is 28.2 Å². The molecule has 0 unspecified atom stereocenters. The number of fused-ring (bicyclic) bond motifs is 2. The number of rotatable bonds is 5. The maximum atomic E-state index is 5.42. The van der Waals surface area contributed by atoms with E-state index in [1.165, 1.54) is 23.7 Å². The molecule has 1 aliphatic carbocycles. The van der Waals surface area contributed by atoms with Crippen molar-refractivity contribution in [2.45, 2.75) is 12.8 Å². The molecule has 3 aromatic heterocycles. The number of benzene rings is 1. The summed E-state index contributed by atoms with van der Waals surface area (Å²) in [6, 6.07) is 10.5. The first-order valence-corrected chi connectivity index (χ1v) is 9.08. The molecule has 5 heteroatoms. The molecule has 1 fully saturated rings. The zero-order chi connectivity index (χ0) is 17.7. The van der Waals surface area contributed by atoms with Crippen LogP contribution in [0.2, 0.25) is 0 Å². The Bertz CT molecular complexity index is 1100. The lowest BCUT2D eigenvalue weighted by molar-refractivity contribution is 0.415. The molecule has 0 amide bonds. The van der Waals surface area contributed by atoms with Gasteiger partial charge in [0.05, 0.1) is 7.11 Å². The van der Waals surface area contributed by atoms with Gasteiger partial charge in [-0.3, -0.25) is 0 Å². The van der Waals surface area contributed by atoms with Crippen molar-refractivity contribution >= 4 is 27.6 Å². The molecule has 0 spiro atoms. The van der Waals surface area contributed by atoms with Gasteiger partial charge in [-0.1, -0.05) is 0 Å². The lowest BCUT2D eigenvalue weighted by Gasteiger charge is -2.05. The predicted octanol–water partition coefficient (Wildman–Crippen LogP) is 4.55. The van der Waals surface area contributed by atoms with Crippen molar-refractivity contribution in [2.24, 2.45) is 13.0 Å². The number of aromatic nitrogens is 3. The summed E-state index contributed by atoms with van der Waals surface area (Å²) in [5.74, 6) is 1.70. The lowest BCUT2D eigenvalue weighted by atomic mass is 10.1. The van der Waals surface area contributed by atoms with Crippen molar-refractivity contribution in [1.82, 2.24) is 14.5 Å². The normalized spacial score (nSPS) is 14.2. The molecular formula is C21H22N4O. The van der Waals surface area contributed by atoms with E-state index in [4.69, 9.17) is 4.74 Å². The molecule has 4 aromatic rings. The first-order chi connectivity index (χ1) is 12.7. The van der Waals surface area contributed by atoms with Crippen LogP contribution in [0, 0.1) is 5.92 Å². The number of aromatic amines is 1. The summed E-state index contributed by atoms with van der Waals surface area (Å²) >= 11 is 0. The van der Waals surface area contributed by atoms with Crippen molar-refractivity contribution in [3.8, 4) is 17.0 Å². The Labute approximate surface area is 152 Å². The fraction of sp³-hybridized carbons (Fsp3) is 0.286. The van der Waals surface area contributed by atoms with Crippen LogP contribution in [0.15, 0.2) is 42.7 Å². The summed E-state index contributed by atoms with van der Waals surface area (Å²) in [6.45, 7) is 1.05. The van der Waals surface area contributed by atoms with E-state index in [2.05, 4.69) is 57.4 Å². The number of pyridine rings is 1. The summed E-state index contributed by atoms with van der Waals surface area (Å²) < 4.78 is 7.57. The Morgan fingerprint density at radius 1 is 1.23 bits per heavy atom. The van der Waals surface area contributed by atoms with Crippen LogP contribution in [0.25, 0.3) is 33.2 Å². The average Bonchev–Trinajstić information content (AvgIpc) is 3.30. The minimum absolute atomic E-state index is 0.835. The Morgan fingerprint density at radius 2 is 2.12 bits per heavy atom. The van der Waals surface area contributed by atoms with Crippen LogP contribution in [0.5, 0.6) is 5.75 Å². The van der Waals surface area contributed by atoms with E-state index in [9.17, 15) is 0 Å². The highest BCUT2D eigenvalue weighted by Gasteiger charge is 2.21. The molecule has 0 saturated heterocycles. The van der Waals surface area contributed by atoms with Gasteiger partial charge >= 0.3 is 0 Å². The molecule has 1 aromatic carbocycles. The number of nitrogens with one attached hydrogen (secondary N) is 2. The molecule has 1 aliphatic rings. The maximum Gasteiger partial charge on any atom is 0.139 e. The van der Waals surface area contributed by atoms with E-state index in [0.29, 0.717) is 0 Å². The van der Waals surface area contributed by atoms with Gasteiger partial charge in [0.25, 0.3) is 0 Å². The maximum absolute atomic E-state index is 5.42. The molecule has 1 saturated carbocycles. The lowest BCUT2D eigenvalue weighted by Crippen LogP contribution is -2.03. The first-order valence-electron chi connectivity index (χ1n) is 9.08. The third kappa shape index (κ3) is 2.51. The van der Waals surface area contributed by atoms with E-state index >= 15 is 0 Å². The number of hydrogen-bond acceptors (Lipinski definition) is 3. The second-order valence-electron chi connectivity index (χ2n) is 7.16. The van der Waals surface area contributed by atoms with Gasteiger partial charge in [0.1, 0.15) is 11.4 Å². The number of nitrogens with zero attached hydrogens (tertiary/aromatic N) is 2. The van der Waals surface area contributed by atoms with Crippen LogP contribution in [0.3, 0.4) is 0 Å². The standard InChI is InChI=1S/C21H22N4O/c1-25-12-17(15-9-14(26-2)5-6-20(15)25)19-10-16-18(23-11-13-3-4-13)7-8-22-21(16)24-19/h5-10,12-13H,3-4,11H2,1-2H3,(H2,22,23,24). The van der Waals surface area contributed by atoms with Crippen LogP contribution in [0.1, 0.15) is 12.8 Å². The average molecular weight is 346 g/mol. The van der Waals surface area contributed by atoms with Crippen LogP contribution in [0.4, 0.5) is 5.69 Å². The van der Waals surface area contributed by atoms with Gasteiger partial charge in [0, 0.05) is 59.2 Å². The number of H-pyrrole nitrogens is 1. The predicted molar refractivity (Wildman–Crippen MR) is 106 cm³/mol. The number of aryl methyl sites for hydroxylation is 1. The van der Waals surface area contributed by atoms with Crippen molar-refractivity contribution in [3.05, 3.63) is 42.7 Å². The third-order valence-corrected chi connectivity index (χ3v) is 5.30. The smallest absolute Gasteiger partial charge is 0.139 e. The second-order valence-corrected chi connectivity index (χ2v) is 7.16. The van der Waals surface area contributed by atoms with Crippen molar-refractivity contribution in [2.75, 3.05) is 19.0 Å². The number of methoxy groups -OCH3 is 1. The van der Waals surface area contributed by atoms with E-state index in [1.807, 2.05) is 12.3 Å². The summed E-state index contributed by atoms with van der Waals surface area (Å²) in [7, 11) is 3.77. The van der Waals surface area contributed by atoms with E-state index in [1.54, 1.807) is 7.11 Å². The Morgan fingerprint density at radius 3 is 2.92 bits per heavy atom. The van der Waals surface area contributed by atoms with Gasteiger partial charge in [-0.25, -0.2) is 4.98 Å². The summed E-state index contributed by atoms with van der Waals surface area (Å²) in [4.78, 5) is 8.02. The molecule has 5 nitrogen and oxygen atoms in total. The van der Waals surface area contributed by atoms with Gasteiger partial charge in [-0.15, -0.1) is 0 Å². The SMILES string of the molecule is COc1ccc2c(c1)c(-c1cc3c(NCC4CC4)ccnc3[nH]1)cn2C. The largest absolute Gasteiger partial charge is 0.497 e. The van der Waals surface area contributed by atoms with Crippen LogP contribution in [-0.2, 0) is 7.05 Å². The quantitative estimate of drug-likeness (QED) is 0.557. The highest BCUT2D eigenvalue weighted by Crippen LogP contribution is 2.35. The second kappa shape index (κ2) is 5.80. The molecular weight excluding hydrogens is 324 g/mol. The molecule has 0 bridgehead atoms. The molecule has 0 radical (unpaired) electrons. The van der Waals surface area contributed by atoms with Gasteiger partial charge in [0.2, 0.25) is 0 Å². The summed E-state index contributed by atoms with van der Waals surface area (Å²) in [5.41, 5.74) is 5.49. The number of hydrogen-bond donors (Lipinski definition) is 2. The molecule has 132 valence electrons. The monoisotopic (exact) mass is 346 g/mol. The van der Waals surface area contributed by atoms with Gasteiger partial charge < -0.3 is 19.6 Å². The number of ether oxygens (including phenoxy) is 1. The van der Waals surface area contributed by atoms with Crippen molar-refractivity contribution < 1.29 is 4.74 Å². The third-order valence-electron chi connectivity index (χ3n) is 5.30. The minimum Gasteiger partial charge on any atom is -0.497 e. The van der Waals surface area contributed by atoms with E-state index in [-0.39, 0.29) is 0 Å². The fourth-order valence-corrected chi connectivity index (χ4v) is 3.62. The molecule has 3 heterocycles. The summed E-state index contributed by atoms with van der Waals surface area (Å²) in [6.07, 6.45) is 6.71. The van der Waals surface area contributed by atoms with Crippen molar-refractivity contribution in [1.29, 1.82) is 0 Å². The molecule has 0 atom stereocenters.